The third kappa shape index (κ3) is 3.63. The van der Waals surface area contributed by atoms with Crippen molar-refractivity contribution >= 4 is 38.3 Å². The van der Waals surface area contributed by atoms with E-state index in [4.69, 9.17) is 0 Å². The number of hydrogen-bond acceptors (Lipinski definition) is 4. The molecule has 78 valence electrons. The average Bonchev–Trinajstić information content (AvgIpc) is 2.26. The van der Waals surface area contributed by atoms with Crippen LogP contribution >= 0.6 is 15.9 Å². The number of ketones is 1. The molecule has 0 unspecified atom stereocenters. The van der Waals surface area contributed by atoms with Crippen LogP contribution in [0.1, 0.15) is 5.56 Å². The van der Waals surface area contributed by atoms with Gasteiger partial charge in [-0.1, -0.05) is 17.7 Å². The number of nitrogens with one attached hydrogen (secondary N) is 1. The number of Topliss-reactive ketones (excluding diaryl/α,β-unsaturated/α-hetero) is 1. The smallest absolute Gasteiger partial charge is 0.252 e. The summed E-state index contributed by atoms with van der Waals surface area (Å²) in [4.78, 5) is 20.9. The van der Waals surface area contributed by atoms with Gasteiger partial charge >= 0.3 is 0 Å². The van der Waals surface area contributed by atoms with Gasteiger partial charge in [-0.15, -0.1) is 0 Å². The lowest BCUT2D eigenvalue weighted by atomic mass is 10.2. The van der Waals surface area contributed by atoms with Crippen molar-refractivity contribution < 1.29 is 9.59 Å². The van der Waals surface area contributed by atoms with Crippen LogP contribution in [0.5, 0.6) is 0 Å². The van der Waals surface area contributed by atoms with Gasteiger partial charge in [-0.2, -0.15) is 5.10 Å². The fourth-order valence-electron chi connectivity index (χ4n) is 0.845. The number of nitrogens with zero attached hydrogens (tertiary/aromatic N) is 1. The van der Waals surface area contributed by atoms with E-state index in [2.05, 4.69) is 26.5 Å². The molecule has 0 aliphatic rings. The van der Waals surface area contributed by atoms with Crippen LogP contribution in [0.2, 0.25) is 0 Å². The molecule has 4 nitrogen and oxygen atoms in total. The Morgan fingerprint density at radius 3 is 2.53 bits per heavy atom. The second-order valence-electron chi connectivity index (χ2n) is 2.86. The maximum absolute atomic E-state index is 10.8. The molecule has 1 aromatic rings. The van der Waals surface area contributed by atoms with E-state index in [0.29, 0.717) is 0 Å². The van der Waals surface area contributed by atoms with E-state index in [-0.39, 0.29) is 10.9 Å². The lowest BCUT2D eigenvalue weighted by Gasteiger charge is -2.00. The van der Waals surface area contributed by atoms with Gasteiger partial charge in [0.25, 0.3) is 5.78 Å². The molecule has 0 aliphatic carbocycles. The van der Waals surface area contributed by atoms with Crippen LogP contribution in [0.4, 0.5) is 5.69 Å². The first-order chi connectivity index (χ1) is 7.13. The van der Waals surface area contributed by atoms with Gasteiger partial charge in [0.1, 0.15) is 0 Å². The van der Waals surface area contributed by atoms with Gasteiger partial charge in [-0.25, -0.2) is 0 Å². The molecule has 0 bridgehead atoms. The molecular formula is C10H9BrN2O2. The molecule has 0 spiro atoms. The largest absolute Gasteiger partial charge is 0.294 e. The highest BCUT2D eigenvalue weighted by Gasteiger charge is 2.04. The van der Waals surface area contributed by atoms with Crippen LogP contribution in [0.15, 0.2) is 29.4 Å². The highest BCUT2D eigenvalue weighted by Crippen LogP contribution is 2.08. The SMILES string of the molecule is Cc1ccc(N/N=C(\Br)C(=O)C=O)cc1. The van der Waals surface area contributed by atoms with Gasteiger partial charge in [-0.05, 0) is 35.0 Å². The Balaban J connectivity index is 2.67. The van der Waals surface area contributed by atoms with Crippen molar-refractivity contribution in [3.8, 4) is 0 Å². The van der Waals surface area contributed by atoms with Gasteiger partial charge in [0.05, 0.1) is 5.69 Å². The van der Waals surface area contributed by atoms with Crippen LogP contribution in [0, 0.1) is 6.92 Å². The third-order valence-corrected chi connectivity index (χ3v) is 2.21. The third-order valence-electron chi connectivity index (χ3n) is 1.65. The number of carbonyl (C=O) groups is 2. The Labute approximate surface area is 95.5 Å². The summed E-state index contributed by atoms with van der Waals surface area (Å²) in [6.45, 7) is 1.97. The molecule has 0 atom stereocenters. The molecule has 1 aromatic carbocycles. The summed E-state index contributed by atoms with van der Waals surface area (Å²) in [5.74, 6) is -0.699. The van der Waals surface area contributed by atoms with E-state index in [1.54, 1.807) is 0 Å². The predicted octanol–water partition coefficient (Wildman–Crippen LogP) is 1.88. The normalized spacial score (nSPS) is 10.9. The summed E-state index contributed by atoms with van der Waals surface area (Å²) in [6.07, 6.45) is 0.199. The molecule has 0 radical (unpaired) electrons. The van der Waals surface area contributed by atoms with E-state index in [0.717, 1.165) is 11.3 Å². The quantitative estimate of drug-likeness (QED) is 0.393. The fourth-order valence-corrected chi connectivity index (χ4v) is 1.03. The van der Waals surface area contributed by atoms with Crippen LogP contribution < -0.4 is 5.43 Å². The van der Waals surface area contributed by atoms with Crippen LogP contribution in [0.25, 0.3) is 0 Å². The molecule has 0 fully saturated rings. The summed E-state index contributed by atoms with van der Waals surface area (Å²) < 4.78 is -0.0434. The lowest BCUT2D eigenvalue weighted by molar-refractivity contribution is -0.125. The minimum Gasteiger partial charge on any atom is -0.294 e. The van der Waals surface area contributed by atoms with Crippen molar-refractivity contribution in [1.29, 1.82) is 0 Å². The molecule has 0 heterocycles. The molecule has 1 N–H and O–H groups in total. The Morgan fingerprint density at radius 1 is 1.40 bits per heavy atom. The molecular weight excluding hydrogens is 260 g/mol. The Bertz CT molecular complexity index is 398. The minimum atomic E-state index is -0.699. The maximum Gasteiger partial charge on any atom is 0.252 e. The van der Waals surface area contributed by atoms with Crippen LogP contribution in [-0.2, 0) is 9.59 Å². The second kappa shape index (κ2) is 5.41. The standard InChI is InChI=1S/C10H9BrN2O2/c1-7-2-4-8(5-3-7)12-13-10(11)9(15)6-14/h2-6,12H,1H3/b13-10-. The Hall–Kier alpha value is -1.49. The highest BCUT2D eigenvalue weighted by atomic mass is 79.9. The number of aryl methyl sites for hydroxylation is 1. The Morgan fingerprint density at radius 2 is 2.00 bits per heavy atom. The number of hydrazone groups is 1. The van der Waals surface area contributed by atoms with E-state index in [1.807, 2.05) is 31.2 Å². The van der Waals surface area contributed by atoms with Gasteiger partial charge in [0, 0.05) is 0 Å². The monoisotopic (exact) mass is 268 g/mol. The first-order valence-corrected chi connectivity index (χ1v) is 4.98. The van der Waals surface area contributed by atoms with Crippen molar-refractivity contribution in [3.05, 3.63) is 29.8 Å². The number of aldehydes is 1. The number of rotatable bonds is 4. The first kappa shape index (κ1) is 11.6. The zero-order chi connectivity index (χ0) is 11.3. The lowest BCUT2D eigenvalue weighted by Crippen LogP contribution is -2.09. The summed E-state index contributed by atoms with van der Waals surface area (Å²) in [5.41, 5.74) is 4.53. The molecule has 15 heavy (non-hydrogen) atoms. The number of anilines is 1. The number of halogens is 1. The summed E-state index contributed by atoms with van der Waals surface area (Å²) in [5, 5.41) is 3.70. The number of carbonyl (C=O) groups excluding carboxylic acids is 2. The van der Waals surface area contributed by atoms with E-state index in [9.17, 15) is 9.59 Å². The van der Waals surface area contributed by atoms with Gasteiger partial charge in [0.15, 0.2) is 10.9 Å². The molecule has 0 saturated carbocycles. The summed E-state index contributed by atoms with van der Waals surface area (Å²) in [7, 11) is 0. The fraction of sp³-hybridized carbons (Fsp3) is 0.100. The minimum absolute atomic E-state index is 0.0434. The molecule has 0 aromatic heterocycles. The van der Waals surface area contributed by atoms with Crippen molar-refractivity contribution in [2.45, 2.75) is 6.92 Å². The van der Waals surface area contributed by atoms with Crippen molar-refractivity contribution in [1.82, 2.24) is 0 Å². The van der Waals surface area contributed by atoms with E-state index >= 15 is 0 Å². The van der Waals surface area contributed by atoms with Crippen LogP contribution in [-0.4, -0.2) is 16.7 Å². The van der Waals surface area contributed by atoms with Gasteiger partial charge in [-0.3, -0.25) is 15.0 Å². The van der Waals surface area contributed by atoms with Crippen molar-refractivity contribution in [2.24, 2.45) is 5.10 Å². The molecule has 0 amide bonds. The van der Waals surface area contributed by atoms with E-state index in [1.165, 1.54) is 0 Å². The molecule has 1 rings (SSSR count). The number of benzene rings is 1. The van der Waals surface area contributed by atoms with Gasteiger partial charge < -0.3 is 0 Å². The Kier molecular flexibility index (Phi) is 4.17. The summed E-state index contributed by atoms with van der Waals surface area (Å²) in [6, 6.07) is 7.47. The van der Waals surface area contributed by atoms with Crippen molar-refractivity contribution in [3.63, 3.8) is 0 Å². The topological polar surface area (TPSA) is 58.5 Å². The zero-order valence-corrected chi connectivity index (χ0v) is 9.61. The predicted molar refractivity (Wildman–Crippen MR) is 62.2 cm³/mol. The number of hydrogen-bond donors (Lipinski definition) is 1. The van der Waals surface area contributed by atoms with Gasteiger partial charge in [0.2, 0.25) is 0 Å². The van der Waals surface area contributed by atoms with Crippen molar-refractivity contribution in [2.75, 3.05) is 5.43 Å². The first-order valence-electron chi connectivity index (χ1n) is 4.19. The molecule has 0 saturated heterocycles. The van der Waals surface area contributed by atoms with Crippen LogP contribution in [0.3, 0.4) is 0 Å². The highest BCUT2D eigenvalue weighted by molar-refractivity contribution is 9.19. The zero-order valence-electron chi connectivity index (χ0n) is 8.03. The maximum atomic E-state index is 10.8. The molecule has 0 aliphatic heterocycles. The van der Waals surface area contributed by atoms with E-state index < -0.39 is 5.78 Å². The summed E-state index contributed by atoms with van der Waals surface area (Å²) >= 11 is 2.88. The average molecular weight is 269 g/mol. The second-order valence-corrected chi connectivity index (χ2v) is 3.61. The molecule has 5 heteroatoms.